The highest BCUT2D eigenvalue weighted by atomic mass is 19.4. The maximum Gasteiger partial charge on any atom is 0.416 e. The van der Waals surface area contributed by atoms with E-state index in [0.717, 1.165) is 16.8 Å². The van der Waals surface area contributed by atoms with Gasteiger partial charge in [-0.1, -0.05) is 6.07 Å². The van der Waals surface area contributed by atoms with Crippen molar-refractivity contribution in [1.82, 2.24) is 9.78 Å². The van der Waals surface area contributed by atoms with Crippen LogP contribution in [-0.4, -0.2) is 49.1 Å². The fourth-order valence-corrected chi connectivity index (χ4v) is 3.46. The minimum Gasteiger partial charge on any atom is -0.493 e. The summed E-state index contributed by atoms with van der Waals surface area (Å²) in [5, 5.41) is 6.63. The lowest BCUT2D eigenvalue weighted by Gasteiger charge is -2.29. The van der Waals surface area contributed by atoms with Crippen molar-refractivity contribution in [3.05, 3.63) is 65.7 Å². The van der Waals surface area contributed by atoms with E-state index >= 15 is 0 Å². The van der Waals surface area contributed by atoms with Crippen LogP contribution in [0.4, 0.5) is 28.9 Å². The number of nitrogens with zero attached hydrogens (tertiary/aromatic N) is 3. The van der Waals surface area contributed by atoms with E-state index in [1.165, 1.54) is 31.5 Å². The van der Waals surface area contributed by atoms with Crippen LogP contribution in [0.5, 0.6) is 5.75 Å². The van der Waals surface area contributed by atoms with Gasteiger partial charge >= 0.3 is 6.18 Å². The maximum atomic E-state index is 14.6. The summed E-state index contributed by atoms with van der Waals surface area (Å²) in [5.41, 5.74) is -0.306. The number of ether oxygens (including phenoxy) is 2. The van der Waals surface area contributed by atoms with Gasteiger partial charge in [0.05, 0.1) is 43.5 Å². The van der Waals surface area contributed by atoms with Gasteiger partial charge in [0.15, 0.2) is 11.4 Å². The maximum absolute atomic E-state index is 14.6. The molecule has 1 fully saturated rings. The summed E-state index contributed by atoms with van der Waals surface area (Å²) in [6, 6.07) is 8.82. The van der Waals surface area contributed by atoms with Crippen LogP contribution in [0.15, 0.2) is 48.7 Å². The van der Waals surface area contributed by atoms with Crippen LogP contribution in [-0.2, 0) is 10.9 Å². The lowest BCUT2D eigenvalue weighted by atomic mass is 10.2. The molecule has 4 rings (SSSR count). The number of carbonyl (C=O) groups is 1. The van der Waals surface area contributed by atoms with Gasteiger partial charge in [-0.15, -0.1) is 0 Å². The van der Waals surface area contributed by atoms with Crippen molar-refractivity contribution in [3.8, 4) is 11.4 Å². The Morgan fingerprint density at radius 1 is 1.15 bits per heavy atom. The summed E-state index contributed by atoms with van der Waals surface area (Å²) >= 11 is 0. The predicted octanol–water partition coefficient (Wildman–Crippen LogP) is 4.13. The van der Waals surface area contributed by atoms with Crippen molar-refractivity contribution >= 4 is 17.3 Å². The number of amides is 1. The highest BCUT2D eigenvalue weighted by molar-refractivity contribution is 6.04. The number of anilines is 2. The number of benzene rings is 2. The van der Waals surface area contributed by atoms with E-state index in [1.54, 1.807) is 12.1 Å². The quantitative estimate of drug-likeness (QED) is 0.576. The number of aromatic nitrogens is 2. The Morgan fingerprint density at radius 3 is 2.58 bits per heavy atom. The third kappa shape index (κ3) is 4.92. The Balaban J connectivity index is 1.55. The van der Waals surface area contributed by atoms with Crippen molar-refractivity contribution < 1.29 is 31.8 Å². The summed E-state index contributed by atoms with van der Waals surface area (Å²) in [6.07, 6.45) is -3.22. The molecule has 0 radical (unpaired) electrons. The average molecular weight is 464 g/mol. The number of alkyl halides is 3. The van der Waals surface area contributed by atoms with E-state index in [0.29, 0.717) is 32.0 Å². The summed E-state index contributed by atoms with van der Waals surface area (Å²) in [7, 11) is 1.31. The van der Waals surface area contributed by atoms with Gasteiger partial charge in [-0.25, -0.2) is 9.07 Å². The summed E-state index contributed by atoms with van der Waals surface area (Å²) in [5.74, 6) is -1.15. The van der Waals surface area contributed by atoms with Gasteiger partial charge in [0.1, 0.15) is 5.82 Å². The standard InChI is InChI=1S/C22H20F4N4O3/c1-32-19-13-30(16-4-2-3-14(11-16)22(24,25)26)28-20(19)21(31)27-15-5-6-18(17(23)12-15)29-7-9-33-10-8-29/h2-6,11-13H,7-10H2,1H3,(H,27,31). The summed E-state index contributed by atoms with van der Waals surface area (Å²) in [4.78, 5) is 14.6. The molecule has 0 atom stereocenters. The van der Waals surface area contributed by atoms with Crippen molar-refractivity contribution in [2.24, 2.45) is 0 Å². The molecular weight excluding hydrogens is 444 g/mol. The smallest absolute Gasteiger partial charge is 0.416 e. The molecule has 3 aromatic rings. The number of halogens is 4. The van der Waals surface area contributed by atoms with Crippen LogP contribution >= 0.6 is 0 Å². The van der Waals surface area contributed by atoms with Crippen LogP contribution < -0.4 is 15.0 Å². The molecule has 2 heterocycles. The summed E-state index contributed by atoms with van der Waals surface area (Å²) in [6.45, 7) is 2.14. The number of hydrogen-bond donors (Lipinski definition) is 1. The molecule has 0 saturated carbocycles. The Labute approximate surface area is 186 Å². The molecule has 33 heavy (non-hydrogen) atoms. The third-order valence-corrected chi connectivity index (χ3v) is 5.11. The lowest BCUT2D eigenvalue weighted by molar-refractivity contribution is -0.137. The second-order valence-electron chi connectivity index (χ2n) is 7.26. The van der Waals surface area contributed by atoms with Gasteiger partial charge in [-0.05, 0) is 36.4 Å². The molecule has 0 spiro atoms. The number of nitrogens with one attached hydrogen (secondary N) is 1. The second-order valence-corrected chi connectivity index (χ2v) is 7.26. The van der Waals surface area contributed by atoms with Gasteiger partial charge in [0, 0.05) is 18.8 Å². The van der Waals surface area contributed by atoms with E-state index in [-0.39, 0.29) is 22.8 Å². The van der Waals surface area contributed by atoms with Gasteiger partial charge in [0.2, 0.25) is 0 Å². The van der Waals surface area contributed by atoms with Crippen LogP contribution in [0.1, 0.15) is 16.1 Å². The Bertz CT molecular complexity index is 1160. The first-order valence-corrected chi connectivity index (χ1v) is 10.0. The van der Waals surface area contributed by atoms with E-state index in [4.69, 9.17) is 9.47 Å². The number of morpholine rings is 1. The van der Waals surface area contributed by atoms with Crippen molar-refractivity contribution in [2.45, 2.75) is 6.18 Å². The number of carbonyl (C=O) groups excluding carboxylic acids is 1. The first kappa shape index (κ1) is 22.6. The van der Waals surface area contributed by atoms with Gasteiger partial charge in [0.25, 0.3) is 5.91 Å². The molecule has 1 amide bonds. The first-order valence-electron chi connectivity index (χ1n) is 10.0. The molecule has 0 aliphatic carbocycles. The monoisotopic (exact) mass is 464 g/mol. The molecule has 7 nitrogen and oxygen atoms in total. The number of methoxy groups -OCH3 is 1. The lowest BCUT2D eigenvalue weighted by Crippen LogP contribution is -2.36. The minimum absolute atomic E-state index is 0.0512. The van der Waals surface area contributed by atoms with Crippen molar-refractivity contribution in [2.75, 3.05) is 43.6 Å². The molecule has 1 aliphatic rings. The fourth-order valence-electron chi connectivity index (χ4n) is 3.46. The molecule has 1 saturated heterocycles. The van der Waals surface area contributed by atoms with Crippen molar-refractivity contribution in [3.63, 3.8) is 0 Å². The highest BCUT2D eigenvalue weighted by Crippen LogP contribution is 2.31. The zero-order valence-electron chi connectivity index (χ0n) is 17.5. The first-order chi connectivity index (χ1) is 15.8. The minimum atomic E-state index is -4.52. The average Bonchev–Trinajstić information content (AvgIpc) is 3.24. The van der Waals surface area contributed by atoms with Crippen LogP contribution in [0, 0.1) is 5.82 Å². The van der Waals surface area contributed by atoms with E-state index in [9.17, 15) is 22.4 Å². The predicted molar refractivity (Wildman–Crippen MR) is 113 cm³/mol. The van der Waals surface area contributed by atoms with Gasteiger partial charge in [-0.3, -0.25) is 4.79 Å². The largest absolute Gasteiger partial charge is 0.493 e. The summed E-state index contributed by atoms with van der Waals surface area (Å²) < 4.78 is 65.3. The molecule has 1 N–H and O–H groups in total. The molecule has 1 aromatic heterocycles. The van der Waals surface area contributed by atoms with E-state index in [1.807, 2.05) is 4.90 Å². The molecular formula is C22H20F4N4O3. The van der Waals surface area contributed by atoms with Crippen LogP contribution in [0.25, 0.3) is 5.69 Å². The zero-order chi connectivity index (χ0) is 23.6. The number of hydrogen-bond acceptors (Lipinski definition) is 5. The zero-order valence-corrected chi connectivity index (χ0v) is 17.5. The normalized spacial score (nSPS) is 14.3. The Morgan fingerprint density at radius 2 is 1.91 bits per heavy atom. The third-order valence-electron chi connectivity index (χ3n) is 5.11. The highest BCUT2D eigenvalue weighted by Gasteiger charge is 2.31. The van der Waals surface area contributed by atoms with Gasteiger partial charge < -0.3 is 19.7 Å². The molecule has 0 bridgehead atoms. The topological polar surface area (TPSA) is 68.6 Å². The Hall–Kier alpha value is -3.60. The molecule has 2 aromatic carbocycles. The van der Waals surface area contributed by atoms with E-state index < -0.39 is 23.5 Å². The molecule has 1 aliphatic heterocycles. The van der Waals surface area contributed by atoms with E-state index in [2.05, 4.69) is 10.4 Å². The Kier molecular flexibility index (Phi) is 6.23. The molecule has 11 heteroatoms. The van der Waals surface area contributed by atoms with Crippen molar-refractivity contribution in [1.29, 1.82) is 0 Å². The SMILES string of the molecule is COc1cn(-c2cccc(C(F)(F)F)c2)nc1C(=O)Nc1ccc(N2CCOCC2)c(F)c1. The fraction of sp³-hybridized carbons (Fsp3) is 0.273. The molecule has 174 valence electrons. The second kappa shape index (κ2) is 9.10. The van der Waals surface area contributed by atoms with Gasteiger partial charge in [-0.2, -0.15) is 18.3 Å². The van der Waals surface area contributed by atoms with Crippen LogP contribution in [0.2, 0.25) is 0 Å². The number of rotatable bonds is 5. The van der Waals surface area contributed by atoms with Crippen LogP contribution in [0.3, 0.4) is 0 Å². The molecule has 0 unspecified atom stereocenters.